The molecule has 0 bridgehead atoms. The van der Waals surface area contributed by atoms with Gasteiger partial charge in [0.2, 0.25) is 0 Å². The van der Waals surface area contributed by atoms with Crippen LogP contribution in [-0.2, 0) is 6.54 Å². The lowest BCUT2D eigenvalue weighted by molar-refractivity contribution is 0.628. The molecule has 0 spiro atoms. The Hall–Kier alpha value is -4.85. The maximum atomic E-state index is 13.6. The number of nitrogens with one attached hydrogen (secondary N) is 2. The molecule has 0 saturated heterocycles. The van der Waals surface area contributed by atoms with Crippen LogP contribution in [0.4, 0.5) is 16.0 Å². The Morgan fingerprint density at radius 3 is 2.53 bits per heavy atom. The Balaban J connectivity index is 1.59. The molecule has 0 aliphatic heterocycles. The van der Waals surface area contributed by atoms with E-state index in [4.69, 9.17) is 11.1 Å². The van der Waals surface area contributed by atoms with Gasteiger partial charge in [-0.15, -0.1) is 0 Å². The number of pyridine rings is 1. The predicted molar refractivity (Wildman–Crippen MR) is 140 cm³/mol. The summed E-state index contributed by atoms with van der Waals surface area (Å²) in [4.78, 5) is 21.9. The minimum absolute atomic E-state index is 0.0606. The summed E-state index contributed by atoms with van der Waals surface area (Å²) >= 11 is 0. The fraction of sp³-hybridized carbons (Fsp3) is 0.0714. The van der Waals surface area contributed by atoms with E-state index >= 15 is 0 Å². The molecule has 2 heterocycles. The smallest absolute Gasteiger partial charge is 0.263 e. The zero-order valence-corrected chi connectivity index (χ0v) is 19.5. The molecule has 7 nitrogen and oxygen atoms in total. The molecule has 8 heteroatoms. The SMILES string of the molecule is Cc1ccccc1-n1c(CNc2ncnc(N)c2C(=N)c2ccc(F)cc2)cc2ccccc2c1=O. The molecular formula is C28H23FN6O. The standard InChI is InChI=1S/C28H23FN6O/c1-17-6-2-5-9-23(17)35-21(14-19-7-3-4-8-22(19)28(35)36)15-32-27-24(26(31)33-16-34-27)25(30)18-10-12-20(29)13-11-18/h2-14,16,30H,15H2,1H3,(H3,31,32,33,34). The Bertz CT molecular complexity index is 1660. The summed E-state index contributed by atoms with van der Waals surface area (Å²) in [5.41, 5.74) is 9.30. The second kappa shape index (κ2) is 9.42. The summed E-state index contributed by atoms with van der Waals surface area (Å²) in [5, 5.41) is 13.4. The molecule has 0 unspecified atom stereocenters. The highest BCUT2D eigenvalue weighted by Gasteiger charge is 2.18. The van der Waals surface area contributed by atoms with Crippen molar-refractivity contribution in [2.45, 2.75) is 13.5 Å². The molecule has 0 fully saturated rings. The van der Waals surface area contributed by atoms with Crippen molar-refractivity contribution in [3.63, 3.8) is 0 Å². The van der Waals surface area contributed by atoms with Crippen molar-refractivity contribution in [1.82, 2.24) is 14.5 Å². The van der Waals surface area contributed by atoms with Crippen LogP contribution < -0.4 is 16.6 Å². The molecule has 5 aromatic rings. The first-order chi connectivity index (χ1) is 17.4. The zero-order chi connectivity index (χ0) is 25.2. The minimum atomic E-state index is -0.396. The largest absolute Gasteiger partial charge is 0.383 e. The first-order valence-electron chi connectivity index (χ1n) is 11.3. The van der Waals surface area contributed by atoms with E-state index in [1.165, 1.54) is 30.6 Å². The summed E-state index contributed by atoms with van der Waals surface area (Å²) in [6.45, 7) is 2.19. The number of anilines is 2. The van der Waals surface area contributed by atoms with Crippen molar-refractivity contribution in [1.29, 1.82) is 5.41 Å². The quantitative estimate of drug-likeness (QED) is 0.303. The summed E-state index contributed by atoms with van der Waals surface area (Å²) < 4.78 is 15.1. The number of hydrogen-bond acceptors (Lipinski definition) is 6. The third kappa shape index (κ3) is 4.20. The Labute approximate surface area is 206 Å². The van der Waals surface area contributed by atoms with E-state index in [-0.39, 0.29) is 23.6 Å². The lowest BCUT2D eigenvalue weighted by atomic mass is 10.0. The number of nitrogens with zero attached hydrogens (tertiary/aromatic N) is 3. The number of nitrogens with two attached hydrogens (primary N) is 1. The Morgan fingerprint density at radius 1 is 1.03 bits per heavy atom. The van der Waals surface area contributed by atoms with Gasteiger partial charge in [-0.1, -0.05) is 36.4 Å². The molecule has 0 radical (unpaired) electrons. The van der Waals surface area contributed by atoms with Crippen LogP contribution in [-0.4, -0.2) is 20.2 Å². The van der Waals surface area contributed by atoms with E-state index in [9.17, 15) is 9.18 Å². The number of aryl methyl sites for hydroxylation is 1. The Morgan fingerprint density at radius 2 is 1.75 bits per heavy atom. The normalized spacial score (nSPS) is 10.9. The van der Waals surface area contributed by atoms with E-state index in [1.807, 2.05) is 61.5 Å². The molecule has 2 aromatic heterocycles. The molecule has 4 N–H and O–H groups in total. The molecule has 0 aliphatic rings. The van der Waals surface area contributed by atoms with Gasteiger partial charge in [-0.3, -0.25) is 14.8 Å². The number of hydrogen-bond donors (Lipinski definition) is 3. The fourth-order valence-corrected chi connectivity index (χ4v) is 4.24. The molecule has 0 atom stereocenters. The fourth-order valence-electron chi connectivity index (χ4n) is 4.24. The van der Waals surface area contributed by atoms with Crippen molar-refractivity contribution < 1.29 is 4.39 Å². The second-order valence-electron chi connectivity index (χ2n) is 8.37. The topological polar surface area (TPSA) is 110 Å². The van der Waals surface area contributed by atoms with E-state index in [1.54, 1.807) is 4.57 Å². The summed E-state index contributed by atoms with van der Waals surface area (Å²) in [6.07, 6.45) is 1.31. The van der Waals surface area contributed by atoms with Crippen molar-refractivity contribution in [2.75, 3.05) is 11.1 Å². The van der Waals surface area contributed by atoms with Crippen LogP contribution in [0.25, 0.3) is 16.5 Å². The van der Waals surface area contributed by atoms with Crippen LogP contribution in [0.2, 0.25) is 0 Å². The van der Waals surface area contributed by atoms with E-state index in [0.29, 0.717) is 28.0 Å². The van der Waals surface area contributed by atoms with Crippen molar-refractivity contribution in [3.8, 4) is 5.69 Å². The van der Waals surface area contributed by atoms with Crippen LogP contribution >= 0.6 is 0 Å². The van der Waals surface area contributed by atoms with Crippen LogP contribution in [0, 0.1) is 18.2 Å². The molecule has 0 amide bonds. The van der Waals surface area contributed by atoms with Gasteiger partial charge >= 0.3 is 0 Å². The number of benzene rings is 3. The van der Waals surface area contributed by atoms with Crippen LogP contribution in [0.3, 0.4) is 0 Å². The molecule has 36 heavy (non-hydrogen) atoms. The first kappa shape index (κ1) is 22.9. The van der Waals surface area contributed by atoms with Gasteiger partial charge in [0.25, 0.3) is 5.56 Å². The minimum Gasteiger partial charge on any atom is -0.383 e. The van der Waals surface area contributed by atoms with Gasteiger partial charge in [0.05, 0.1) is 23.5 Å². The summed E-state index contributed by atoms with van der Waals surface area (Å²) in [7, 11) is 0. The van der Waals surface area contributed by atoms with Crippen LogP contribution in [0.1, 0.15) is 22.4 Å². The third-order valence-corrected chi connectivity index (χ3v) is 6.06. The molecule has 3 aromatic carbocycles. The second-order valence-corrected chi connectivity index (χ2v) is 8.37. The summed E-state index contributed by atoms with van der Waals surface area (Å²) in [5.74, 6) is 0.0676. The average molecular weight is 479 g/mol. The lowest BCUT2D eigenvalue weighted by Crippen LogP contribution is -2.24. The molecular weight excluding hydrogens is 455 g/mol. The van der Waals surface area contributed by atoms with Gasteiger partial charge in [-0.05, 0) is 60.3 Å². The third-order valence-electron chi connectivity index (χ3n) is 6.06. The lowest BCUT2D eigenvalue weighted by Gasteiger charge is -2.18. The number of aromatic nitrogens is 3. The number of nitrogen functional groups attached to an aromatic ring is 1. The van der Waals surface area contributed by atoms with Gasteiger partial charge in [-0.2, -0.15) is 0 Å². The number of para-hydroxylation sites is 1. The van der Waals surface area contributed by atoms with Gasteiger partial charge in [0.15, 0.2) is 0 Å². The molecule has 5 rings (SSSR count). The van der Waals surface area contributed by atoms with Gasteiger partial charge in [-0.25, -0.2) is 14.4 Å². The van der Waals surface area contributed by atoms with Crippen molar-refractivity contribution in [2.24, 2.45) is 0 Å². The first-order valence-corrected chi connectivity index (χ1v) is 11.3. The monoisotopic (exact) mass is 478 g/mol. The molecule has 0 aliphatic carbocycles. The molecule has 178 valence electrons. The summed E-state index contributed by atoms with van der Waals surface area (Å²) in [6, 6.07) is 22.7. The van der Waals surface area contributed by atoms with Crippen molar-refractivity contribution >= 4 is 28.1 Å². The zero-order valence-electron chi connectivity index (χ0n) is 19.5. The van der Waals surface area contributed by atoms with E-state index < -0.39 is 5.82 Å². The van der Waals surface area contributed by atoms with Gasteiger partial charge < -0.3 is 11.1 Å². The van der Waals surface area contributed by atoms with Gasteiger partial charge in [0.1, 0.15) is 23.8 Å². The van der Waals surface area contributed by atoms with Gasteiger partial charge in [0, 0.05) is 16.6 Å². The predicted octanol–water partition coefficient (Wildman–Crippen LogP) is 4.84. The number of halogens is 1. The maximum absolute atomic E-state index is 13.6. The highest BCUT2D eigenvalue weighted by atomic mass is 19.1. The average Bonchev–Trinajstić information content (AvgIpc) is 2.88. The van der Waals surface area contributed by atoms with E-state index in [2.05, 4.69) is 15.3 Å². The number of rotatable bonds is 6. The van der Waals surface area contributed by atoms with E-state index in [0.717, 1.165) is 16.6 Å². The highest BCUT2D eigenvalue weighted by Crippen LogP contribution is 2.24. The Kier molecular flexibility index (Phi) is 6.00. The maximum Gasteiger partial charge on any atom is 0.263 e. The highest BCUT2D eigenvalue weighted by molar-refractivity contribution is 6.16. The van der Waals surface area contributed by atoms with Crippen molar-refractivity contribution in [3.05, 3.63) is 124 Å². The number of fused-ring (bicyclic) bond motifs is 1. The van der Waals surface area contributed by atoms with Crippen LogP contribution in [0.5, 0.6) is 0 Å². The van der Waals surface area contributed by atoms with Crippen LogP contribution in [0.15, 0.2) is 90.0 Å². The molecule has 0 saturated carbocycles.